The summed E-state index contributed by atoms with van der Waals surface area (Å²) in [5.74, 6) is 1.41. The number of methoxy groups -OCH3 is 1. The lowest BCUT2D eigenvalue weighted by Gasteiger charge is -2.31. The summed E-state index contributed by atoms with van der Waals surface area (Å²) in [6.07, 6.45) is 14.6. The Morgan fingerprint density at radius 3 is 2.94 bits per heavy atom. The molecule has 2 rings (SSSR count). The summed E-state index contributed by atoms with van der Waals surface area (Å²) in [5.41, 5.74) is 3.15. The number of hydrogen-bond acceptors (Lipinski definition) is 1. The van der Waals surface area contributed by atoms with Crippen molar-refractivity contribution in [1.29, 1.82) is 0 Å². The van der Waals surface area contributed by atoms with Crippen LogP contribution in [-0.4, -0.2) is 13.7 Å². The van der Waals surface area contributed by atoms with Gasteiger partial charge in [0.15, 0.2) is 0 Å². The molecular formula is C16H24O. The molecule has 0 N–H and O–H groups in total. The third-order valence-electron chi connectivity index (χ3n) is 4.12. The summed E-state index contributed by atoms with van der Waals surface area (Å²) >= 11 is 0. The van der Waals surface area contributed by atoms with Gasteiger partial charge in [0.25, 0.3) is 0 Å². The summed E-state index contributed by atoms with van der Waals surface area (Å²) in [4.78, 5) is 0. The van der Waals surface area contributed by atoms with Crippen LogP contribution in [0.1, 0.15) is 38.5 Å². The topological polar surface area (TPSA) is 9.23 Å². The number of allylic oxidation sites excluding steroid dienone is 4. The monoisotopic (exact) mass is 232 g/mol. The van der Waals surface area contributed by atoms with Gasteiger partial charge in [0.2, 0.25) is 0 Å². The van der Waals surface area contributed by atoms with Gasteiger partial charge < -0.3 is 4.74 Å². The van der Waals surface area contributed by atoms with E-state index in [1.165, 1.54) is 44.1 Å². The fraction of sp³-hybridized carbons (Fsp3) is 0.625. The quantitative estimate of drug-likeness (QED) is 0.658. The van der Waals surface area contributed by atoms with Crippen LogP contribution in [0.4, 0.5) is 0 Å². The second kappa shape index (κ2) is 6.20. The number of rotatable bonds is 4. The SMILES string of the molecule is C=CC1CCCC=C1C1CC=C(COC)CC1. The lowest BCUT2D eigenvalue weighted by Crippen LogP contribution is -2.17. The van der Waals surface area contributed by atoms with Crippen molar-refractivity contribution >= 4 is 0 Å². The minimum Gasteiger partial charge on any atom is -0.380 e. The predicted octanol–water partition coefficient (Wildman–Crippen LogP) is 4.27. The first kappa shape index (κ1) is 12.6. The normalized spacial score (nSPS) is 29.5. The molecule has 0 aromatic rings. The fourth-order valence-electron chi connectivity index (χ4n) is 3.16. The molecule has 0 saturated carbocycles. The van der Waals surface area contributed by atoms with Crippen LogP contribution in [-0.2, 0) is 4.74 Å². The van der Waals surface area contributed by atoms with Gasteiger partial charge >= 0.3 is 0 Å². The van der Waals surface area contributed by atoms with E-state index in [4.69, 9.17) is 4.74 Å². The first-order valence-corrected chi connectivity index (χ1v) is 6.84. The maximum absolute atomic E-state index is 5.21. The average Bonchev–Trinajstić information content (AvgIpc) is 2.40. The van der Waals surface area contributed by atoms with Gasteiger partial charge in [0.1, 0.15) is 0 Å². The van der Waals surface area contributed by atoms with E-state index >= 15 is 0 Å². The molecule has 0 bridgehead atoms. The van der Waals surface area contributed by atoms with Crippen LogP contribution >= 0.6 is 0 Å². The lowest BCUT2D eigenvalue weighted by atomic mass is 9.75. The lowest BCUT2D eigenvalue weighted by molar-refractivity contribution is 0.219. The molecule has 0 radical (unpaired) electrons. The van der Waals surface area contributed by atoms with Gasteiger partial charge in [-0.2, -0.15) is 0 Å². The summed E-state index contributed by atoms with van der Waals surface area (Å²) in [6, 6.07) is 0. The molecule has 17 heavy (non-hydrogen) atoms. The Kier molecular flexibility index (Phi) is 4.61. The highest BCUT2D eigenvalue weighted by Gasteiger charge is 2.24. The van der Waals surface area contributed by atoms with Gasteiger partial charge in [-0.1, -0.05) is 23.8 Å². The van der Waals surface area contributed by atoms with E-state index in [9.17, 15) is 0 Å². The first-order valence-electron chi connectivity index (χ1n) is 6.84. The molecule has 2 aliphatic carbocycles. The summed E-state index contributed by atoms with van der Waals surface area (Å²) in [7, 11) is 1.78. The Hall–Kier alpha value is -0.820. The van der Waals surface area contributed by atoms with Gasteiger partial charge in [-0.15, -0.1) is 6.58 Å². The third-order valence-corrected chi connectivity index (χ3v) is 4.12. The molecule has 1 heteroatoms. The molecule has 94 valence electrons. The van der Waals surface area contributed by atoms with Crippen LogP contribution in [0.2, 0.25) is 0 Å². The van der Waals surface area contributed by atoms with Gasteiger partial charge in [0, 0.05) is 7.11 Å². The van der Waals surface area contributed by atoms with Crippen molar-refractivity contribution in [2.45, 2.75) is 38.5 Å². The van der Waals surface area contributed by atoms with Crippen molar-refractivity contribution in [2.24, 2.45) is 11.8 Å². The summed E-state index contributed by atoms with van der Waals surface area (Å²) in [6.45, 7) is 4.81. The molecule has 0 spiro atoms. The molecule has 0 aromatic heterocycles. The molecule has 2 atom stereocenters. The highest BCUT2D eigenvalue weighted by atomic mass is 16.5. The molecular weight excluding hydrogens is 208 g/mol. The van der Waals surface area contributed by atoms with Crippen molar-refractivity contribution < 1.29 is 4.74 Å². The molecule has 0 amide bonds. The van der Waals surface area contributed by atoms with E-state index in [2.05, 4.69) is 24.8 Å². The van der Waals surface area contributed by atoms with Crippen LogP contribution in [0.25, 0.3) is 0 Å². The molecule has 0 saturated heterocycles. The summed E-state index contributed by atoms with van der Waals surface area (Å²) in [5, 5.41) is 0. The van der Waals surface area contributed by atoms with E-state index in [-0.39, 0.29) is 0 Å². The molecule has 2 unspecified atom stereocenters. The van der Waals surface area contributed by atoms with Crippen molar-refractivity contribution in [3.63, 3.8) is 0 Å². The van der Waals surface area contributed by atoms with Crippen LogP contribution in [0.5, 0.6) is 0 Å². The highest BCUT2D eigenvalue weighted by molar-refractivity contribution is 5.22. The Morgan fingerprint density at radius 2 is 2.29 bits per heavy atom. The smallest absolute Gasteiger partial charge is 0.0673 e. The zero-order valence-corrected chi connectivity index (χ0v) is 11.0. The maximum atomic E-state index is 5.21. The molecule has 0 aromatic carbocycles. The minimum atomic E-state index is 0.645. The molecule has 0 aliphatic heterocycles. The second-order valence-electron chi connectivity index (χ2n) is 5.24. The van der Waals surface area contributed by atoms with E-state index in [0.717, 1.165) is 12.5 Å². The molecule has 2 aliphatic rings. The van der Waals surface area contributed by atoms with Gasteiger partial charge in [-0.3, -0.25) is 0 Å². The van der Waals surface area contributed by atoms with E-state index in [1.54, 1.807) is 12.7 Å². The van der Waals surface area contributed by atoms with Crippen molar-refractivity contribution in [2.75, 3.05) is 13.7 Å². The van der Waals surface area contributed by atoms with Gasteiger partial charge in [-0.05, 0) is 55.9 Å². The Morgan fingerprint density at radius 1 is 1.41 bits per heavy atom. The number of ether oxygens (including phenoxy) is 1. The standard InChI is InChI=1S/C16H24O/c1-3-14-6-4-5-7-16(14)15-10-8-13(9-11-15)12-17-2/h3,7-8,14-15H,1,4-6,9-12H2,2H3. The van der Waals surface area contributed by atoms with Gasteiger partial charge in [-0.25, -0.2) is 0 Å². The fourth-order valence-corrected chi connectivity index (χ4v) is 3.16. The molecule has 1 nitrogen and oxygen atoms in total. The molecule has 0 fully saturated rings. The number of hydrogen-bond donors (Lipinski definition) is 0. The zero-order valence-electron chi connectivity index (χ0n) is 11.0. The van der Waals surface area contributed by atoms with Crippen LogP contribution in [0.3, 0.4) is 0 Å². The van der Waals surface area contributed by atoms with Crippen molar-refractivity contribution in [3.05, 3.63) is 36.0 Å². The predicted molar refractivity (Wildman–Crippen MR) is 72.9 cm³/mol. The van der Waals surface area contributed by atoms with E-state index in [1.807, 2.05) is 0 Å². The minimum absolute atomic E-state index is 0.645. The van der Waals surface area contributed by atoms with E-state index in [0.29, 0.717) is 5.92 Å². The Labute approximate surface area is 105 Å². The van der Waals surface area contributed by atoms with E-state index < -0.39 is 0 Å². The van der Waals surface area contributed by atoms with Crippen LogP contribution in [0.15, 0.2) is 36.0 Å². The highest BCUT2D eigenvalue weighted by Crippen LogP contribution is 2.37. The average molecular weight is 232 g/mol. The maximum Gasteiger partial charge on any atom is 0.0673 e. The van der Waals surface area contributed by atoms with Crippen molar-refractivity contribution in [1.82, 2.24) is 0 Å². The van der Waals surface area contributed by atoms with Crippen molar-refractivity contribution in [3.8, 4) is 0 Å². The first-order chi connectivity index (χ1) is 8.35. The zero-order chi connectivity index (χ0) is 12.1. The largest absolute Gasteiger partial charge is 0.380 e. The Bertz CT molecular complexity index is 324. The second-order valence-corrected chi connectivity index (χ2v) is 5.24. The third kappa shape index (κ3) is 3.10. The van der Waals surface area contributed by atoms with Crippen LogP contribution in [0, 0.1) is 11.8 Å². The van der Waals surface area contributed by atoms with Gasteiger partial charge in [0.05, 0.1) is 6.61 Å². The Balaban J connectivity index is 2.00. The summed E-state index contributed by atoms with van der Waals surface area (Å²) < 4.78 is 5.21. The molecule has 0 heterocycles. The van der Waals surface area contributed by atoms with Crippen LogP contribution < -0.4 is 0 Å².